The van der Waals surface area contributed by atoms with Gasteiger partial charge in [-0.2, -0.15) is 0 Å². The normalized spacial score (nSPS) is 14.3. The van der Waals surface area contributed by atoms with Gasteiger partial charge in [0.15, 0.2) is 0 Å². The van der Waals surface area contributed by atoms with E-state index in [0.717, 1.165) is 54.5 Å². The summed E-state index contributed by atoms with van der Waals surface area (Å²) < 4.78 is 2.56. The van der Waals surface area contributed by atoms with Crippen LogP contribution in [-0.2, 0) is 12.0 Å². The Morgan fingerprint density at radius 3 is 2.16 bits per heavy atom. The Labute approximate surface area is 205 Å². The zero-order valence-electron chi connectivity index (χ0n) is 18.1. The van der Waals surface area contributed by atoms with E-state index in [-0.39, 0.29) is 12.0 Å². The molecule has 0 radical (unpaired) electrons. The molecule has 0 bridgehead atoms. The molecule has 0 unspecified atom stereocenters. The Morgan fingerprint density at radius 2 is 1.59 bits per heavy atom. The van der Waals surface area contributed by atoms with Crippen LogP contribution in [0.25, 0.3) is 0 Å². The lowest BCUT2D eigenvalue weighted by Crippen LogP contribution is -2.25. The molecule has 10 heteroatoms. The topological polar surface area (TPSA) is 81.1 Å². The van der Waals surface area contributed by atoms with Crippen molar-refractivity contribution in [3.05, 3.63) is 65.2 Å². The summed E-state index contributed by atoms with van der Waals surface area (Å²) in [6.07, 6.45) is -2.27. The van der Waals surface area contributed by atoms with Crippen molar-refractivity contribution in [2.45, 2.75) is 37.3 Å². The Morgan fingerprint density at radius 1 is 0.969 bits per heavy atom. The number of rotatable bonds is 7. The molecule has 32 heavy (non-hydrogen) atoms. The first-order chi connectivity index (χ1) is 15.2. The zero-order chi connectivity index (χ0) is 23.3. The summed E-state index contributed by atoms with van der Waals surface area (Å²) in [6.45, 7) is 6.45. The fourth-order valence-electron chi connectivity index (χ4n) is 3.08. The Bertz CT molecular complexity index is 944. The minimum absolute atomic E-state index is 0.0438. The smallest absolute Gasteiger partial charge is 0.422 e. The lowest BCUT2D eigenvalue weighted by molar-refractivity contribution is 0.174. The number of carbonyl (C=O) groups is 2. The largest absolute Gasteiger partial charge is 0.464 e. The quantitative estimate of drug-likeness (QED) is 0.296. The second kappa shape index (κ2) is 11.0. The van der Waals surface area contributed by atoms with Crippen molar-refractivity contribution in [1.29, 1.82) is 0 Å². The molecule has 0 aliphatic carbocycles. The fraction of sp³-hybridized carbons (Fsp3) is 0.364. The van der Waals surface area contributed by atoms with Crippen molar-refractivity contribution >= 4 is 63.4 Å². The summed E-state index contributed by atoms with van der Waals surface area (Å²) in [4.78, 5) is 23.8. The third-order valence-electron chi connectivity index (χ3n) is 4.80. The summed E-state index contributed by atoms with van der Waals surface area (Å²) in [5.74, 6) is 2.16. The molecule has 3 rings (SSSR count). The van der Waals surface area contributed by atoms with Crippen molar-refractivity contribution in [1.82, 2.24) is 4.31 Å². The highest BCUT2D eigenvalue weighted by molar-refractivity contribution is 8.76. The van der Waals surface area contributed by atoms with Crippen LogP contribution >= 0.6 is 45.5 Å². The number of carboxylic acid groups (broad SMARTS) is 2. The van der Waals surface area contributed by atoms with Gasteiger partial charge in [-0.05, 0) is 34.2 Å². The van der Waals surface area contributed by atoms with Crippen molar-refractivity contribution in [2.24, 2.45) is 0 Å². The Balaban J connectivity index is 1.73. The predicted octanol–water partition coefficient (Wildman–Crippen LogP) is 7.34. The van der Waals surface area contributed by atoms with E-state index in [1.807, 2.05) is 59.9 Å². The van der Waals surface area contributed by atoms with Gasteiger partial charge in [-0.15, -0.1) is 23.5 Å². The third kappa shape index (κ3) is 6.46. The van der Waals surface area contributed by atoms with Gasteiger partial charge < -0.3 is 10.2 Å². The summed E-state index contributed by atoms with van der Waals surface area (Å²) in [5, 5.41) is 19.5. The highest BCUT2D eigenvalue weighted by Gasteiger charge is 2.25. The van der Waals surface area contributed by atoms with Gasteiger partial charge in [0.2, 0.25) is 0 Å². The summed E-state index contributed by atoms with van der Waals surface area (Å²) in [5.41, 5.74) is 3.59. The molecular formula is C22H26N2O4S4. The van der Waals surface area contributed by atoms with Crippen LogP contribution in [0.1, 0.15) is 42.0 Å². The van der Waals surface area contributed by atoms with Crippen LogP contribution in [0.15, 0.2) is 48.5 Å². The highest BCUT2D eigenvalue weighted by atomic mass is 33.1. The number of anilines is 1. The lowest BCUT2D eigenvalue weighted by Gasteiger charge is -2.24. The van der Waals surface area contributed by atoms with Crippen LogP contribution in [0.3, 0.4) is 0 Å². The molecule has 1 aliphatic rings. The predicted molar refractivity (Wildman–Crippen MR) is 138 cm³/mol. The molecule has 2 aromatic carbocycles. The molecule has 1 fully saturated rings. The third-order valence-corrected chi connectivity index (χ3v) is 10.1. The molecule has 0 aromatic heterocycles. The van der Waals surface area contributed by atoms with Gasteiger partial charge in [-0.3, -0.25) is 0 Å². The Kier molecular flexibility index (Phi) is 8.60. The molecule has 2 amide bonds. The van der Waals surface area contributed by atoms with E-state index in [1.54, 1.807) is 12.1 Å². The average Bonchev–Trinajstić information content (AvgIpc) is 3.27. The minimum Gasteiger partial charge on any atom is -0.464 e. The fourth-order valence-corrected chi connectivity index (χ4v) is 7.98. The molecule has 6 nitrogen and oxygen atoms in total. The number of benzene rings is 2. The standard InChI is InChI=1S/C22H26N2O4S4/c1-22(2,3)16-8-10-17(11-9-16)24(21(27)28)32-31-23(20(25)26)14-15-6-4-5-7-18(15)19-29-12-13-30-19/h4-11,19H,12-14H2,1-3H3,(H,25,26)(H,27,28). The number of hydrogen-bond donors (Lipinski definition) is 2. The van der Waals surface area contributed by atoms with Crippen molar-refractivity contribution < 1.29 is 19.8 Å². The maximum Gasteiger partial charge on any atom is 0.422 e. The molecular weight excluding hydrogens is 485 g/mol. The maximum atomic E-state index is 11.9. The van der Waals surface area contributed by atoms with Gasteiger partial charge >= 0.3 is 12.2 Å². The number of amides is 2. The van der Waals surface area contributed by atoms with Crippen LogP contribution < -0.4 is 4.31 Å². The summed E-state index contributed by atoms with van der Waals surface area (Å²) >= 11 is 3.73. The van der Waals surface area contributed by atoms with Gasteiger partial charge in [0.25, 0.3) is 0 Å². The number of hydrogen-bond acceptors (Lipinski definition) is 6. The van der Waals surface area contributed by atoms with Crippen molar-refractivity contribution in [3.63, 3.8) is 0 Å². The molecule has 172 valence electrons. The van der Waals surface area contributed by atoms with E-state index in [9.17, 15) is 19.8 Å². The monoisotopic (exact) mass is 510 g/mol. The minimum atomic E-state index is -1.16. The number of thioether (sulfide) groups is 2. The van der Waals surface area contributed by atoms with Crippen molar-refractivity contribution in [3.8, 4) is 0 Å². The summed E-state index contributed by atoms with van der Waals surface area (Å²) in [6, 6.07) is 15.2. The van der Waals surface area contributed by atoms with Crippen LogP contribution in [0, 0.1) is 0 Å². The molecule has 1 heterocycles. The molecule has 0 atom stereocenters. The molecule has 1 saturated heterocycles. The lowest BCUT2D eigenvalue weighted by atomic mass is 9.87. The maximum absolute atomic E-state index is 11.9. The Hall–Kier alpha value is -1.62. The zero-order valence-corrected chi connectivity index (χ0v) is 21.3. The molecule has 0 spiro atoms. The molecule has 2 aromatic rings. The first kappa shape index (κ1) is 25.0. The second-order valence-electron chi connectivity index (χ2n) is 8.11. The first-order valence-corrected chi connectivity index (χ1v) is 14.1. The number of nitrogens with zero attached hydrogens (tertiary/aromatic N) is 2. The first-order valence-electron chi connectivity index (χ1n) is 9.96. The molecule has 0 saturated carbocycles. The van der Waals surface area contributed by atoms with E-state index >= 15 is 0 Å². The van der Waals surface area contributed by atoms with Crippen LogP contribution in [0.2, 0.25) is 0 Å². The van der Waals surface area contributed by atoms with Crippen LogP contribution in [0.4, 0.5) is 15.3 Å². The molecule has 2 N–H and O–H groups in total. The van der Waals surface area contributed by atoms with Gasteiger partial charge in [-0.1, -0.05) is 57.2 Å². The SMILES string of the molecule is CC(C)(C)c1ccc(N(SSN(Cc2ccccc2C2SCCS2)C(=O)O)C(=O)O)cc1. The van der Waals surface area contributed by atoms with E-state index < -0.39 is 12.2 Å². The van der Waals surface area contributed by atoms with Gasteiger partial charge in [-0.25, -0.2) is 18.2 Å². The van der Waals surface area contributed by atoms with E-state index in [2.05, 4.69) is 20.8 Å². The van der Waals surface area contributed by atoms with E-state index in [4.69, 9.17) is 0 Å². The summed E-state index contributed by atoms with van der Waals surface area (Å²) in [7, 11) is 1.77. The van der Waals surface area contributed by atoms with Gasteiger partial charge in [0.05, 0.1) is 38.8 Å². The average molecular weight is 511 g/mol. The van der Waals surface area contributed by atoms with E-state index in [0.29, 0.717) is 10.3 Å². The van der Waals surface area contributed by atoms with Crippen LogP contribution in [-0.4, -0.2) is 38.2 Å². The molecule has 1 aliphatic heterocycles. The van der Waals surface area contributed by atoms with E-state index in [1.165, 1.54) is 4.31 Å². The second-order valence-corrected chi connectivity index (χ2v) is 12.8. The highest BCUT2D eigenvalue weighted by Crippen LogP contribution is 2.47. The van der Waals surface area contributed by atoms with Gasteiger partial charge in [0.1, 0.15) is 0 Å². The van der Waals surface area contributed by atoms with Crippen LogP contribution in [0.5, 0.6) is 0 Å². The van der Waals surface area contributed by atoms with Crippen molar-refractivity contribution in [2.75, 3.05) is 15.8 Å². The van der Waals surface area contributed by atoms with Gasteiger partial charge in [0, 0.05) is 11.5 Å².